The molecule has 0 saturated carbocycles. The number of benzene rings is 4. The topological polar surface area (TPSA) is 34.1 Å². The van der Waals surface area contributed by atoms with Crippen molar-refractivity contribution < 1.29 is 9.59 Å². The maximum atomic E-state index is 12.9. The van der Waals surface area contributed by atoms with Gasteiger partial charge in [-0.15, -0.1) is 0 Å². The Kier molecular flexibility index (Phi) is 5.62. The predicted octanol–water partition coefficient (Wildman–Crippen LogP) is 6.47. The number of fused-ring (bicyclic) bond motifs is 1. The van der Waals surface area contributed by atoms with Crippen molar-refractivity contribution in [3.63, 3.8) is 0 Å². The lowest BCUT2D eigenvalue weighted by Gasteiger charge is -2.17. The molecule has 0 heterocycles. The largest absolute Gasteiger partial charge is 0.294 e. The first kappa shape index (κ1) is 18.8. The fraction of sp³-hybridized carbons (Fsp3) is 0.111. The molecule has 29 heavy (non-hydrogen) atoms. The third kappa shape index (κ3) is 4.49. The number of Topliss-reactive ketones (excluding diaryl/α,β-unsaturated/α-hetero) is 2. The minimum atomic E-state index is -0.167. The second-order valence-electron chi connectivity index (χ2n) is 7.29. The zero-order valence-electron chi connectivity index (χ0n) is 16.1. The van der Waals surface area contributed by atoms with Gasteiger partial charge in [0.05, 0.1) is 0 Å². The molecule has 0 fully saturated rings. The molecule has 0 unspecified atom stereocenters. The van der Waals surface area contributed by atoms with E-state index in [-0.39, 0.29) is 17.5 Å². The van der Waals surface area contributed by atoms with E-state index in [4.69, 9.17) is 0 Å². The highest BCUT2D eigenvalue weighted by molar-refractivity contribution is 5.99. The zero-order valence-corrected chi connectivity index (χ0v) is 16.1. The Bertz CT molecular complexity index is 1080. The molecule has 0 aliphatic rings. The van der Waals surface area contributed by atoms with Gasteiger partial charge in [0.2, 0.25) is 0 Å². The lowest BCUT2D eigenvalue weighted by molar-refractivity contribution is 0.0944. The maximum Gasteiger partial charge on any atom is 0.163 e. The molecule has 0 aliphatic heterocycles. The Morgan fingerprint density at radius 1 is 0.552 bits per heavy atom. The van der Waals surface area contributed by atoms with Crippen molar-refractivity contribution in [2.45, 2.75) is 18.8 Å². The van der Waals surface area contributed by atoms with E-state index >= 15 is 0 Å². The second-order valence-corrected chi connectivity index (χ2v) is 7.29. The summed E-state index contributed by atoms with van der Waals surface area (Å²) in [6, 6.07) is 33.0. The van der Waals surface area contributed by atoms with Crippen LogP contribution in [0.25, 0.3) is 10.8 Å². The van der Waals surface area contributed by atoms with Crippen LogP contribution in [0.4, 0.5) is 0 Å². The van der Waals surface area contributed by atoms with E-state index in [0.29, 0.717) is 24.0 Å². The van der Waals surface area contributed by atoms with Crippen LogP contribution in [0.15, 0.2) is 103 Å². The summed E-state index contributed by atoms with van der Waals surface area (Å²) < 4.78 is 0. The molecular weight excluding hydrogens is 356 g/mol. The zero-order chi connectivity index (χ0) is 20.1. The maximum absolute atomic E-state index is 12.9. The van der Waals surface area contributed by atoms with E-state index in [2.05, 4.69) is 24.3 Å². The standard InChI is InChI=1S/C27H22O2/c28-26(21-10-3-1-4-11-21)18-25(19-27(29)22-12-5-2-6-13-22)24-16-15-20-9-7-8-14-23(20)17-24/h1-17,25H,18-19H2. The highest BCUT2D eigenvalue weighted by Gasteiger charge is 2.21. The SMILES string of the molecule is O=C(CC(CC(=O)c1ccccc1)c1ccc2ccccc2c1)c1ccccc1. The van der Waals surface area contributed by atoms with E-state index < -0.39 is 0 Å². The van der Waals surface area contributed by atoms with Crippen LogP contribution in [0.1, 0.15) is 45.0 Å². The average molecular weight is 378 g/mol. The molecule has 0 saturated heterocycles. The summed E-state index contributed by atoms with van der Waals surface area (Å²) in [4.78, 5) is 25.8. The number of rotatable bonds is 7. The van der Waals surface area contributed by atoms with E-state index in [1.807, 2.05) is 78.9 Å². The number of hydrogen-bond acceptors (Lipinski definition) is 2. The molecule has 0 N–H and O–H groups in total. The van der Waals surface area contributed by atoms with Crippen LogP contribution in [0.2, 0.25) is 0 Å². The smallest absolute Gasteiger partial charge is 0.163 e. The molecule has 2 heteroatoms. The molecule has 2 nitrogen and oxygen atoms in total. The van der Waals surface area contributed by atoms with Crippen LogP contribution in [-0.2, 0) is 0 Å². The number of carbonyl (C=O) groups excluding carboxylic acids is 2. The Labute approximate surface area is 170 Å². The van der Waals surface area contributed by atoms with Crippen LogP contribution < -0.4 is 0 Å². The fourth-order valence-corrected chi connectivity index (χ4v) is 3.70. The van der Waals surface area contributed by atoms with Crippen molar-refractivity contribution in [2.75, 3.05) is 0 Å². The van der Waals surface area contributed by atoms with Gasteiger partial charge in [0, 0.05) is 24.0 Å². The summed E-state index contributed by atoms with van der Waals surface area (Å²) in [5.74, 6) is -0.0470. The summed E-state index contributed by atoms with van der Waals surface area (Å²) >= 11 is 0. The quantitative estimate of drug-likeness (QED) is 0.345. The fourth-order valence-electron chi connectivity index (χ4n) is 3.70. The second kappa shape index (κ2) is 8.66. The highest BCUT2D eigenvalue weighted by atomic mass is 16.1. The Hall–Kier alpha value is -3.52. The minimum absolute atomic E-state index is 0.0598. The molecule has 0 spiro atoms. The van der Waals surface area contributed by atoms with Gasteiger partial charge in [-0.25, -0.2) is 0 Å². The van der Waals surface area contributed by atoms with E-state index in [1.165, 1.54) is 0 Å². The normalized spacial score (nSPS) is 10.9. The van der Waals surface area contributed by atoms with Crippen molar-refractivity contribution in [3.8, 4) is 0 Å². The molecular formula is C27H22O2. The number of hydrogen-bond donors (Lipinski definition) is 0. The Morgan fingerprint density at radius 3 is 1.59 bits per heavy atom. The summed E-state index contributed by atoms with van der Waals surface area (Å²) in [5, 5.41) is 2.27. The van der Waals surface area contributed by atoms with Crippen LogP contribution in [0, 0.1) is 0 Å². The van der Waals surface area contributed by atoms with Gasteiger partial charge in [0.15, 0.2) is 11.6 Å². The first-order valence-electron chi connectivity index (χ1n) is 9.86. The van der Waals surface area contributed by atoms with Crippen LogP contribution in [-0.4, -0.2) is 11.6 Å². The third-order valence-corrected chi connectivity index (χ3v) is 5.30. The summed E-state index contributed by atoms with van der Waals surface area (Å²) in [7, 11) is 0. The van der Waals surface area contributed by atoms with Gasteiger partial charge in [-0.1, -0.05) is 103 Å². The van der Waals surface area contributed by atoms with Crippen molar-refractivity contribution in [3.05, 3.63) is 120 Å². The molecule has 4 aromatic carbocycles. The van der Waals surface area contributed by atoms with Gasteiger partial charge in [-0.2, -0.15) is 0 Å². The highest BCUT2D eigenvalue weighted by Crippen LogP contribution is 2.29. The summed E-state index contributed by atoms with van der Waals surface area (Å²) in [6.07, 6.45) is 0.613. The van der Waals surface area contributed by atoms with E-state index in [9.17, 15) is 9.59 Å². The minimum Gasteiger partial charge on any atom is -0.294 e. The lowest BCUT2D eigenvalue weighted by Crippen LogP contribution is -2.13. The first-order chi connectivity index (χ1) is 14.2. The number of ketones is 2. The van der Waals surface area contributed by atoms with Gasteiger partial charge in [0.25, 0.3) is 0 Å². The van der Waals surface area contributed by atoms with Gasteiger partial charge in [0.1, 0.15) is 0 Å². The molecule has 4 rings (SSSR count). The third-order valence-electron chi connectivity index (χ3n) is 5.30. The van der Waals surface area contributed by atoms with Crippen LogP contribution in [0.3, 0.4) is 0 Å². The molecule has 0 bridgehead atoms. The molecule has 0 atom stereocenters. The van der Waals surface area contributed by atoms with Gasteiger partial charge >= 0.3 is 0 Å². The molecule has 0 amide bonds. The lowest BCUT2D eigenvalue weighted by atomic mass is 9.85. The van der Waals surface area contributed by atoms with E-state index in [0.717, 1.165) is 16.3 Å². The molecule has 0 aliphatic carbocycles. The van der Waals surface area contributed by atoms with Crippen molar-refractivity contribution >= 4 is 22.3 Å². The van der Waals surface area contributed by atoms with Gasteiger partial charge in [-0.3, -0.25) is 9.59 Å². The van der Waals surface area contributed by atoms with Crippen molar-refractivity contribution in [2.24, 2.45) is 0 Å². The molecule has 0 aromatic heterocycles. The summed E-state index contributed by atoms with van der Waals surface area (Å²) in [5.41, 5.74) is 2.40. The van der Waals surface area contributed by atoms with E-state index in [1.54, 1.807) is 0 Å². The summed E-state index contributed by atoms with van der Waals surface area (Å²) in [6.45, 7) is 0. The average Bonchev–Trinajstić information content (AvgIpc) is 2.79. The van der Waals surface area contributed by atoms with Crippen LogP contribution in [0.5, 0.6) is 0 Å². The van der Waals surface area contributed by atoms with Crippen molar-refractivity contribution in [1.29, 1.82) is 0 Å². The number of carbonyl (C=O) groups is 2. The molecule has 0 radical (unpaired) electrons. The predicted molar refractivity (Wildman–Crippen MR) is 117 cm³/mol. The molecule has 142 valence electrons. The van der Waals surface area contributed by atoms with Crippen molar-refractivity contribution in [1.82, 2.24) is 0 Å². The monoisotopic (exact) mass is 378 g/mol. The Morgan fingerprint density at radius 2 is 1.03 bits per heavy atom. The van der Waals surface area contributed by atoms with Crippen LogP contribution >= 0.6 is 0 Å². The first-order valence-corrected chi connectivity index (χ1v) is 9.86. The Balaban J connectivity index is 1.65. The van der Waals surface area contributed by atoms with Gasteiger partial charge < -0.3 is 0 Å². The van der Waals surface area contributed by atoms with Gasteiger partial charge in [-0.05, 0) is 22.3 Å². The molecule has 4 aromatic rings.